The van der Waals surface area contributed by atoms with Crippen molar-refractivity contribution in [3.05, 3.63) is 144 Å². The second-order valence-electron chi connectivity index (χ2n) is 10.5. The smallest absolute Gasteiger partial charge is 0.349 e. The lowest BCUT2D eigenvalue weighted by molar-refractivity contribution is -0.166. The highest BCUT2D eigenvalue weighted by Gasteiger charge is 2.41. The van der Waals surface area contributed by atoms with Gasteiger partial charge in [0.2, 0.25) is 12.2 Å². The van der Waals surface area contributed by atoms with E-state index in [0.717, 1.165) is 11.1 Å². The Kier molecular flexibility index (Phi) is 16.1. The van der Waals surface area contributed by atoms with Crippen LogP contribution in [0.5, 0.6) is 0 Å². The normalized spacial score (nSPS) is 14.0. The minimum atomic E-state index is -2.21. The molecule has 4 aromatic rings. The van der Waals surface area contributed by atoms with Crippen molar-refractivity contribution < 1.29 is 49.1 Å². The Hall–Kier alpha value is -5.40. The highest BCUT2D eigenvalue weighted by Crippen LogP contribution is 2.16. The average molecular weight is 661 g/mol. The maximum atomic E-state index is 12.0. The number of carboxylic acid groups (broad SMARTS) is 2. The summed E-state index contributed by atoms with van der Waals surface area (Å²) in [7, 11) is 0. The summed E-state index contributed by atoms with van der Waals surface area (Å²) in [6, 6.07) is 33.3. The number of ether oxygens (including phenoxy) is 2. The number of aliphatic hydroxyl groups excluding tert-OH is 2. The number of nitrogens with two attached hydrogens (primary N) is 2. The van der Waals surface area contributed by atoms with Crippen LogP contribution in [0.4, 0.5) is 0 Å². The standard InChI is InChI=1S/C18H14O8.2C9H13NO/c19-15(20)13(25-17(23)11-7-3-1-4-8-11)14(16(21)22)26-18(24)12-9-5-2-6-10-12;2*1-7(10)9(11)8-5-3-2-4-6-8/h1-10,13-14H,(H,19,20)(H,21,22);2*2-7,9,11H,10H2,1H3/t13-,14-;2*7-,9-/m100/s1. The van der Waals surface area contributed by atoms with Gasteiger partial charge in [-0.1, -0.05) is 97.1 Å². The Morgan fingerprint density at radius 3 is 0.979 bits per heavy atom. The third kappa shape index (κ3) is 12.8. The Balaban J connectivity index is 0.000000298. The quantitative estimate of drug-likeness (QED) is 0.127. The molecule has 0 saturated heterocycles. The van der Waals surface area contributed by atoms with Crippen LogP contribution in [0.2, 0.25) is 0 Å². The number of carbonyl (C=O) groups is 4. The van der Waals surface area contributed by atoms with E-state index in [1.807, 2.05) is 60.7 Å². The van der Waals surface area contributed by atoms with Crippen LogP contribution < -0.4 is 11.5 Å². The number of esters is 2. The lowest BCUT2D eigenvalue weighted by Gasteiger charge is -2.21. The van der Waals surface area contributed by atoms with E-state index in [9.17, 15) is 39.6 Å². The fourth-order valence-electron chi connectivity index (χ4n) is 3.91. The van der Waals surface area contributed by atoms with Gasteiger partial charge in [0, 0.05) is 12.1 Å². The van der Waals surface area contributed by atoms with Gasteiger partial charge in [-0.3, -0.25) is 0 Å². The van der Waals surface area contributed by atoms with Gasteiger partial charge in [0.1, 0.15) is 0 Å². The molecular weight excluding hydrogens is 620 g/mol. The van der Waals surface area contributed by atoms with Crippen molar-refractivity contribution in [2.24, 2.45) is 11.5 Å². The molecule has 0 aliphatic rings. The predicted octanol–water partition coefficient (Wildman–Crippen LogP) is 3.74. The number of rotatable bonds is 11. The van der Waals surface area contributed by atoms with Crippen molar-refractivity contribution in [2.75, 3.05) is 0 Å². The third-order valence-electron chi connectivity index (χ3n) is 6.53. The minimum Gasteiger partial charge on any atom is -0.478 e. The van der Waals surface area contributed by atoms with Crippen molar-refractivity contribution in [1.29, 1.82) is 0 Å². The molecule has 0 bridgehead atoms. The minimum absolute atomic E-state index is 0.0253. The molecule has 254 valence electrons. The summed E-state index contributed by atoms with van der Waals surface area (Å²) in [5, 5.41) is 37.4. The lowest BCUT2D eigenvalue weighted by Crippen LogP contribution is -2.45. The van der Waals surface area contributed by atoms with E-state index in [-0.39, 0.29) is 23.2 Å². The number of benzene rings is 4. The second kappa shape index (κ2) is 20.0. The van der Waals surface area contributed by atoms with E-state index in [2.05, 4.69) is 0 Å². The molecule has 8 N–H and O–H groups in total. The monoisotopic (exact) mass is 660 g/mol. The first-order valence-electron chi connectivity index (χ1n) is 14.8. The van der Waals surface area contributed by atoms with E-state index < -0.39 is 48.3 Å². The predicted molar refractivity (Wildman–Crippen MR) is 177 cm³/mol. The van der Waals surface area contributed by atoms with Crippen LogP contribution in [0.3, 0.4) is 0 Å². The van der Waals surface area contributed by atoms with Crippen molar-refractivity contribution in [3.63, 3.8) is 0 Å². The van der Waals surface area contributed by atoms with E-state index in [0.29, 0.717) is 0 Å². The Bertz CT molecular complexity index is 1430. The summed E-state index contributed by atoms with van der Waals surface area (Å²) in [6.45, 7) is 3.58. The van der Waals surface area contributed by atoms with Gasteiger partial charge in [-0.15, -0.1) is 0 Å². The molecule has 12 heteroatoms. The zero-order chi connectivity index (χ0) is 35.6. The molecule has 0 aliphatic heterocycles. The van der Waals surface area contributed by atoms with Gasteiger partial charge in [-0.05, 0) is 49.2 Å². The van der Waals surface area contributed by atoms with E-state index in [4.69, 9.17) is 20.9 Å². The Morgan fingerprint density at radius 1 is 0.500 bits per heavy atom. The molecule has 0 spiro atoms. The van der Waals surface area contributed by atoms with Crippen molar-refractivity contribution in [1.82, 2.24) is 0 Å². The number of carbonyl (C=O) groups excluding carboxylic acids is 2. The van der Waals surface area contributed by atoms with Gasteiger partial charge in [0.25, 0.3) is 0 Å². The number of aliphatic hydroxyl groups is 2. The lowest BCUT2D eigenvalue weighted by atomic mass is 10.0. The summed E-state index contributed by atoms with van der Waals surface area (Å²) >= 11 is 0. The van der Waals surface area contributed by atoms with Crippen LogP contribution >= 0.6 is 0 Å². The second-order valence-corrected chi connectivity index (χ2v) is 10.5. The summed E-state index contributed by atoms with van der Waals surface area (Å²) in [5.74, 6) is -5.63. The molecule has 4 aromatic carbocycles. The first kappa shape index (κ1) is 38.8. The van der Waals surface area contributed by atoms with Crippen LogP contribution in [-0.2, 0) is 19.1 Å². The maximum Gasteiger partial charge on any atom is 0.349 e. The van der Waals surface area contributed by atoms with Crippen molar-refractivity contribution >= 4 is 23.9 Å². The summed E-state index contributed by atoms with van der Waals surface area (Å²) in [6.07, 6.45) is -5.52. The summed E-state index contributed by atoms with van der Waals surface area (Å²) in [5.41, 5.74) is 12.8. The van der Waals surface area contributed by atoms with Gasteiger partial charge < -0.3 is 41.4 Å². The molecule has 0 radical (unpaired) electrons. The molecule has 48 heavy (non-hydrogen) atoms. The van der Waals surface area contributed by atoms with E-state index >= 15 is 0 Å². The fraction of sp³-hybridized carbons (Fsp3) is 0.222. The van der Waals surface area contributed by atoms with Gasteiger partial charge >= 0.3 is 23.9 Å². The largest absolute Gasteiger partial charge is 0.478 e. The molecule has 4 rings (SSSR count). The summed E-state index contributed by atoms with van der Waals surface area (Å²) in [4.78, 5) is 46.8. The third-order valence-corrected chi connectivity index (χ3v) is 6.53. The van der Waals surface area contributed by atoms with Gasteiger partial charge in [0.15, 0.2) is 0 Å². The van der Waals surface area contributed by atoms with Gasteiger partial charge in [-0.25, -0.2) is 19.2 Å². The van der Waals surface area contributed by atoms with Gasteiger partial charge in [0.05, 0.1) is 23.3 Å². The molecule has 0 fully saturated rings. The van der Waals surface area contributed by atoms with Crippen LogP contribution in [0, 0.1) is 0 Å². The molecule has 0 aliphatic carbocycles. The van der Waals surface area contributed by atoms with E-state index in [1.54, 1.807) is 26.0 Å². The average Bonchev–Trinajstić information content (AvgIpc) is 3.10. The molecular formula is C36H40N2O10. The SMILES string of the molecule is C[C@H](N)[C@H](O)c1ccccc1.C[C@H](N)[C@H](O)c1ccccc1.O=C(O[C@@H](C(=O)O)[C@@H](OC(=O)c1ccccc1)C(=O)O)c1ccccc1. The fourth-order valence-corrected chi connectivity index (χ4v) is 3.91. The summed E-state index contributed by atoms with van der Waals surface area (Å²) < 4.78 is 9.52. The maximum absolute atomic E-state index is 12.0. The molecule has 0 aromatic heterocycles. The zero-order valence-electron chi connectivity index (χ0n) is 26.4. The number of hydrogen-bond acceptors (Lipinski definition) is 10. The van der Waals surface area contributed by atoms with Crippen LogP contribution in [0.25, 0.3) is 0 Å². The number of hydrogen-bond donors (Lipinski definition) is 6. The highest BCUT2D eigenvalue weighted by atomic mass is 16.6. The topological polar surface area (TPSA) is 220 Å². The van der Waals surface area contributed by atoms with Crippen LogP contribution in [0.15, 0.2) is 121 Å². The van der Waals surface area contributed by atoms with Crippen molar-refractivity contribution in [2.45, 2.75) is 50.3 Å². The van der Waals surface area contributed by atoms with Crippen molar-refractivity contribution in [3.8, 4) is 0 Å². The molecule has 12 nitrogen and oxygen atoms in total. The highest BCUT2D eigenvalue weighted by molar-refractivity contribution is 5.95. The molecule has 6 atom stereocenters. The number of carboxylic acids is 2. The van der Waals surface area contributed by atoms with Crippen LogP contribution in [-0.4, -0.2) is 68.6 Å². The molecule has 0 unspecified atom stereocenters. The molecule has 0 heterocycles. The Labute approximate surface area is 278 Å². The number of aliphatic carboxylic acids is 2. The Morgan fingerprint density at radius 2 is 0.750 bits per heavy atom. The van der Waals surface area contributed by atoms with Gasteiger partial charge in [-0.2, -0.15) is 0 Å². The first-order valence-corrected chi connectivity index (χ1v) is 14.8. The first-order chi connectivity index (χ1) is 22.8. The van der Waals surface area contributed by atoms with E-state index in [1.165, 1.54) is 48.5 Å². The molecule has 0 saturated carbocycles. The molecule has 0 amide bonds. The van der Waals surface area contributed by atoms with Crippen LogP contribution in [0.1, 0.15) is 57.9 Å². The zero-order valence-corrected chi connectivity index (χ0v) is 26.4.